The number of nitrogens with one attached hydrogen (secondary N) is 2. The Hall–Kier alpha value is -0.170. The number of nitrogens with zero attached hydrogens (tertiary/aromatic N) is 1. The Bertz CT molecular complexity index is 277. The van der Waals surface area contributed by atoms with Gasteiger partial charge >= 0.3 is 0 Å². The van der Waals surface area contributed by atoms with E-state index in [1.54, 1.807) is 11.2 Å². The van der Waals surface area contributed by atoms with Crippen LogP contribution in [0, 0.1) is 0 Å². The van der Waals surface area contributed by atoms with E-state index < -0.39 is 10.2 Å². The number of likely N-dealkylation sites (N-methyl/N-ethyl adjacent to an activating group) is 1. The fraction of sp³-hybridized carbons (Fsp3) is 1.00. The third-order valence-corrected chi connectivity index (χ3v) is 4.40. The van der Waals surface area contributed by atoms with Crippen molar-refractivity contribution in [1.29, 1.82) is 0 Å². The van der Waals surface area contributed by atoms with Gasteiger partial charge in [-0.05, 0) is 19.9 Å². The summed E-state index contributed by atoms with van der Waals surface area (Å²) in [6, 6.07) is 0.104. The molecule has 0 aromatic carbocycles. The van der Waals surface area contributed by atoms with Crippen LogP contribution in [0.4, 0.5) is 0 Å². The second-order valence-corrected chi connectivity index (χ2v) is 5.53. The number of piperidine rings is 1. The van der Waals surface area contributed by atoms with Crippen molar-refractivity contribution < 1.29 is 8.42 Å². The molecule has 0 radical (unpaired) electrons. The largest absolute Gasteiger partial charge is 0.318 e. The molecule has 15 heavy (non-hydrogen) atoms. The molecule has 0 amide bonds. The van der Waals surface area contributed by atoms with Crippen LogP contribution in [0.5, 0.6) is 0 Å². The Morgan fingerprint density at radius 3 is 2.73 bits per heavy atom. The molecule has 0 aliphatic carbocycles. The van der Waals surface area contributed by atoms with Gasteiger partial charge in [0.25, 0.3) is 10.2 Å². The van der Waals surface area contributed by atoms with Gasteiger partial charge in [0.05, 0.1) is 0 Å². The van der Waals surface area contributed by atoms with Gasteiger partial charge in [0.15, 0.2) is 0 Å². The minimum atomic E-state index is -3.26. The normalized spacial score (nSPS) is 24.3. The van der Waals surface area contributed by atoms with Gasteiger partial charge in [0, 0.05) is 25.7 Å². The summed E-state index contributed by atoms with van der Waals surface area (Å²) >= 11 is 0. The summed E-state index contributed by atoms with van der Waals surface area (Å²) in [5.41, 5.74) is 0. The highest BCUT2D eigenvalue weighted by atomic mass is 32.2. The molecule has 5 nitrogen and oxygen atoms in total. The van der Waals surface area contributed by atoms with E-state index >= 15 is 0 Å². The molecule has 0 aromatic heterocycles. The molecule has 90 valence electrons. The second-order valence-electron chi connectivity index (χ2n) is 3.82. The van der Waals surface area contributed by atoms with E-state index in [-0.39, 0.29) is 6.04 Å². The lowest BCUT2D eigenvalue weighted by molar-refractivity contribution is 0.246. The SMILES string of the molecule is CCNS(=O)(=O)N1CCCCC1CNC. The summed E-state index contributed by atoms with van der Waals surface area (Å²) in [7, 11) is -1.41. The molecule has 1 aliphatic rings. The van der Waals surface area contributed by atoms with E-state index in [0.717, 1.165) is 25.8 Å². The maximum Gasteiger partial charge on any atom is 0.279 e. The van der Waals surface area contributed by atoms with Gasteiger partial charge in [-0.2, -0.15) is 12.7 Å². The molecule has 1 saturated heterocycles. The zero-order valence-corrected chi connectivity index (χ0v) is 10.3. The van der Waals surface area contributed by atoms with Crippen LogP contribution >= 0.6 is 0 Å². The van der Waals surface area contributed by atoms with Gasteiger partial charge in [-0.3, -0.25) is 0 Å². The molecule has 1 heterocycles. The van der Waals surface area contributed by atoms with Gasteiger partial charge in [-0.1, -0.05) is 13.3 Å². The Morgan fingerprint density at radius 2 is 2.13 bits per heavy atom. The molecule has 0 aromatic rings. The van der Waals surface area contributed by atoms with Crippen LogP contribution in [0.2, 0.25) is 0 Å². The average Bonchev–Trinajstić information content (AvgIpc) is 2.19. The van der Waals surface area contributed by atoms with Crippen LogP contribution in [0.1, 0.15) is 26.2 Å². The standard InChI is InChI=1S/C9H21N3O2S/c1-3-11-15(13,14)12-7-5-4-6-9(12)8-10-2/h9-11H,3-8H2,1-2H3. The molecule has 6 heteroatoms. The van der Waals surface area contributed by atoms with E-state index in [1.807, 2.05) is 7.05 Å². The molecule has 0 saturated carbocycles. The third-order valence-electron chi connectivity index (χ3n) is 2.65. The van der Waals surface area contributed by atoms with Crippen LogP contribution < -0.4 is 10.0 Å². The van der Waals surface area contributed by atoms with Gasteiger partial charge in [0.1, 0.15) is 0 Å². The Labute approximate surface area is 92.4 Å². The van der Waals surface area contributed by atoms with Crippen molar-refractivity contribution in [1.82, 2.24) is 14.3 Å². The molecule has 0 bridgehead atoms. The highest BCUT2D eigenvalue weighted by Crippen LogP contribution is 2.18. The fourth-order valence-corrected chi connectivity index (χ4v) is 3.47. The average molecular weight is 235 g/mol. The molecular weight excluding hydrogens is 214 g/mol. The third kappa shape index (κ3) is 3.41. The summed E-state index contributed by atoms with van der Waals surface area (Å²) in [6.45, 7) is 3.62. The number of rotatable bonds is 5. The molecule has 1 unspecified atom stereocenters. The van der Waals surface area contributed by atoms with E-state index in [0.29, 0.717) is 13.1 Å². The van der Waals surface area contributed by atoms with Crippen molar-refractivity contribution >= 4 is 10.2 Å². The summed E-state index contributed by atoms with van der Waals surface area (Å²) in [4.78, 5) is 0. The lowest BCUT2D eigenvalue weighted by Crippen LogP contribution is -2.52. The van der Waals surface area contributed by atoms with Gasteiger partial charge < -0.3 is 5.32 Å². The first-order chi connectivity index (χ1) is 7.11. The minimum absolute atomic E-state index is 0.104. The van der Waals surface area contributed by atoms with Gasteiger partial charge in [0.2, 0.25) is 0 Å². The van der Waals surface area contributed by atoms with Gasteiger partial charge in [-0.25, -0.2) is 4.72 Å². The van der Waals surface area contributed by atoms with Crippen LogP contribution in [-0.2, 0) is 10.2 Å². The van der Waals surface area contributed by atoms with Crippen molar-refractivity contribution in [3.63, 3.8) is 0 Å². The highest BCUT2D eigenvalue weighted by Gasteiger charge is 2.30. The van der Waals surface area contributed by atoms with E-state index in [2.05, 4.69) is 10.0 Å². The van der Waals surface area contributed by atoms with E-state index in [1.165, 1.54) is 0 Å². The van der Waals surface area contributed by atoms with Crippen LogP contribution in [0.25, 0.3) is 0 Å². The van der Waals surface area contributed by atoms with Crippen molar-refractivity contribution in [2.24, 2.45) is 0 Å². The second kappa shape index (κ2) is 5.79. The topological polar surface area (TPSA) is 61.4 Å². The molecule has 1 rings (SSSR count). The maximum absolute atomic E-state index is 11.9. The summed E-state index contributed by atoms with van der Waals surface area (Å²) in [5, 5.41) is 3.05. The molecule has 1 fully saturated rings. The molecule has 2 N–H and O–H groups in total. The molecule has 1 atom stereocenters. The first-order valence-corrected chi connectivity index (χ1v) is 6.97. The van der Waals surface area contributed by atoms with Crippen molar-refractivity contribution in [3.8, 4) is 0 Å². The Kier molecular flexibility index (Phi) is 4.98. The smallest absolute Gasteiger partial charge is 0.279 e. The predicted molar refractivity (Wildman–Crippen MR) is 60.9 cm³/mol. The van der Waals surface area contributed by atoms with Gasteiger partial charge in [-0.15, -0.1) is 0 Å². The van der Waals surface area contributed by atoms with E-state index in [9.17, 15) is 8.42 Å². The zero-order chi connectivity index (χ0) is 11.3. The Balaban J connectivity index is 2.70. The highest BCUT2D eigenvalue weighted by molar-refractivity contribution is 7.87. The maximum atomic E-state index is 11.9. The van der Waals surface area contributed by atoms with Crippen LogP contribution in [0.15, 0.2) is 0 Å². The number of hydrogen-bond acceptors (Lipinski definition) is 3. The minimum Gasteiger partial charge on any atom is -0.318 e. The van der Waals surface area contributed by atoms with Crippen LogP contribution in [0.3, 0.4) is 0 Å². The van der Waals surface area contributed by atoms with Crippen molar-refractivity contribution in [3.05, 3.63) is 0 Å². The first-order valence-electron chi connectivity index (χ1n) is 5.53. The summed E-state index contributed by atoms with van der Waals surface area (Å²) in [6.07, 6.45) is 3.03. The zero-order valence-electron chi connectivity index (χ0n) is 9.49. The molecule has 0 spiro atoms. The molecular formula is C9H21N3O2S. The lowest BCUT2D eigenvalue weighted by Gasteiger charge is -2.34. The quantitative estimate of drug-likeness (QED) is 0.700. The fourth-order valence-electron chi connectivity index (χ4n) is 2.00. The van der Waals surface area contributed by atoms with Crippen LogP contribution in [-0.4, -0.2) is 45.4 Å². The lowest BCUT2D eigenvalue weighted by atomic mass is 10.1. The van der Waals surface area contributed by atoms with Crippen molar-refractivity contribution in [2.75, 3.05) is 26.7 Å². The Morgan fingerprint density at radius 1 is 1.40 bits per heavy atom. The number of hydrogen-bond donors (Lipinski definition) is 2. The van der Waals surface area contributed by atoms with Crippen molar-refractivity contribution in [2.45, 2.75) is 32.2 Å². The monoisotopic (exact) mass is 235 g/mol. The first kappa shape index (κ1) is 12.9. The summed E-state index contributed by atoms with van der Waals surface area (Å²) < 4.78 is 27.9. The summed E-state index contributed by atoms with van der Waals surface area (Å²) in [5.74, 6) is 0. The predicted octanol–water partition coefficient (Wildman–Crippen LogP) is -0.0854. The molecule has 1 aliphatic heterocycles. The van der Waals surface area contributed by atoms with E-state index in [4.69, 9.17) is 0 Å².